The van der Waals surface area contributed by atoms with Crippen molar-refractivity contribution < 1.29 is 33.1 Å². The number of carbonyl (C=O) groups excluding carboxylic acids is 2. The average Bonchev–Trinajstić information content (AvgIpc) is 2.84. The summed E-state index contributed by atoms with van der Waals surface area (Å²) in [6.07, 6.45) is 2.11. The van der Waals surface area contributed by atoms with Crippen LogP contribution >= 0.6 is 0 Å². The molecule has 7 nitrogen and oxygen atoms in total. The largest absolute Gasteiger partial charge is 0.435 e. The zero-order valence-corrected chi connectivity index (χ0v) is 15.8. The molecule has 0 aliphatic carbocycles. The van der Waals surface area contributed by atoms with Crippen LogP contribution in [-0.4, -0.2) is 60.0 Å². The van der Waals surface area contributed by atoms with E-state index >= 15 is 0 Å². The van der Waals surface area contributed by atoms with Crippen LogP contribution in [0.4, 0.5) is 13.6 Å². The number of amides is 3. The molecule has 3 rings (SSSR count). The van der Waals surface area contributed by atoms with E-state index < -0.39 is 24.3 Å². The summed E-state index contributed by atoms with van der Waals surface area (Å²) >= 11 is 0. The highest BCUT2D eigenvalue weighted by Gasteiger charge is 2.48. The maximum Gasteiger partial charge on any atom is 0.387 e. The Morgan fingerprint density at radius 3 is 2.71 bits per heavy atom. The van der Waals surface area contributed by atoms with E-state index in [4.69, 9.17) is 0 Å². The number of nitrogens with zero attached hydrogens (tertiary/aromatic N) is 1. The van der Waals surface area contributed by atoms with Crippen molar-refractivity contribution in [1.82, 2.24) is 10.2 Å². The molecule has 3 amide bonds. The fraction of sp³-hybridized carbons (Fsp3) is 0.579. The number of halogens is 2. The second kappa shape index (κ2) is 8.40. The highest BCUT2D eigenvalue weighted by Crippen LogP contribution is 2.24. The van der Waals surface area contributed by atoms with Gasteiger partial charge in [-0.15, -0.1) is 0 Å². The van der Waals surface area contributed by atoms with Crippen molar-refractivity contribution in [1.29, 1.82) is 0 Å². The van der Waals surface area contributed by atoms with Crippen LogP contribution in [0.5, 0.6) is 5.75 Å². The van der Waals surface area contributed by atoms with E-state index in [0.29, 0.717) is 19.4 Å². The number of hydrogen-bond acceptors (Lipinski definition) is 4. The summed E-state index contributed by atoms with van der Waals surface area (Å²) in [6.45, 7) is 0.419. The van der Waals surface area contributed by atoms with Crippen molar-refractivity contribution in [3.05, 3.63) is 29.8 Å². The first-order valence-electron chi connectivity index (χ1n) is 9.46. The van der Waals surface area contributed by atoms with Gasteiger partial charge in [0.2, 0.25) is 0 Å². The maximum absolute atomic E-state index is 12.9. The predicted octanol–water partition coefficient (Wildman–Crippen LogP) is 0.528. The molecule has 9 heteroatoms. The van der Waals surface area contributed by atoms with Crippen LogP contribution in [0.2, 0.25) is 0 Å². The summed E-state index contributed by atoms with van der Waals surface area (Å²) in [5, 5.41) is 12.6. The number of alkyl halides is 2. The third kappa shape index (κ3) is 4.77. The number of imide groups is 1. The Hall–Kier alpha value is -2.26. The molecule has 1 aromatic carbocycles. The number of quaternary nitrogens is 1. The summed E-state index contributed by atoms with van der Waals surface area (Å²) in [4.78, 5) is 27.4. The molecule has 2 saturated heterocycles. The molecular weight excluding hydrogens is 372 g/mol. The molecule has 0 aromatic heterocycles. The molecule has 0 radical (unpaired) electrons. The minimum Gasteiger partial charge on any atom is -0.435 e. The van der Waals surface area contributed by atoms with Gasteiger partial charge in [0.05, 0.1) is 6.54 Å². The van der Waals surface area contributed by atoms with Crippen LogP contribution in [-0.2, 0) is 11.2 Å². The quantitative estimate of drug-likeness (QED) is 0.585. The van der Waals surface area contributed by atoms with Gasteiger partial charge in [-0.25, -0.2) is 9.69 Å². The normalized spacial score (nSPS) is 28.0. The number of nitrogens with one attached hydrogen (secondary N) is 2. The molecular formula is C19H26F2N3O4+. The van der Waals surface area contributed by atoms with Gasteiger partial charge in [-0.1, -0.05) is 12.1 Å². The van der Waals surface area contributed by atoms with Gasteiger partial charge in [-0.2, -0.15) is 8.78 Å². The first-order chi connectivity index (χ1) is 13.3. The molecule has 1 aromatic rings. The van der Waals surface area contributed by atoms with Crippen molar-refractivity contribution in [2.75, 3.05) is 19.8 Å². The maximum atomic E-state index is 12.9. The van der Waals surface area contributed by atoms with Crippen LogP contribution in [0.15, 0.2) is 24.3 Å². The number of rotatable bonds is 7. The van der Waals surface area contributed by atoms with E-state index in [1.54, 1.807) is 19.1 Å². The zero-order valence-electron chi connectivity index (χ0n) is 15.8. The number of likely N-dealkylation sites (tertiary alicyclic amines) is 1. The summed E-state index contributed by atoms with van der Waals surface area (Å²) in [6, 6.07) is 5.83. The van der Waals surface area contributed by atoms with E-state index in [9.17, 15) is 23.5 Å². The van der Waals surface area contributed by atoms with Crippen LogP contribution in [0.1, 0.15) is 31.7 Å². The summed E-state index contributed by atoms with van der Waals surface area (Å²) < 4.78 is 28.7. The highest BCUT2D eigenvalue weighted by atomic mass is 19.3. The molecule has 3 N–H and O–H groups in total. The molecule has 154 valence electrons. The SMILES string of the molecule is C[C@@]1(CCc2ccc(OC(F)F)cc2)NC(=O)N(C[NH+]2CCC[C@H](O)C2)C1=O. The first kappa shape index (κ1) is 20.5. The number of aliphatic hydroxyl groups excluding tert-OH is 1. The first-order valence-corrected chi connectivity index (χ1v) is 9.46. The predicted molar refractivity (Wildman–Crippen MR) is 96.0 cm³/mol. The third-order valence-corrected chi connectivity index (χ3v) is 5.38. The molecule has 2 fully saturated rings. The van der Waals surface area contributed by atoms with Crippen LogP contribution in [0.3, 0.4) is 0 Å². The van der Waals surface area contributed by atoms with Crippen molar-refractivity contribution in [2.45, 2.75) is 50.9 Å². The fourth-order valence-electron chi connectivity index (χ4n) is 3.78. The van der Waals surface area contributed by atoms with Crippen LogP contribution < -0.4 is 15.0 Å². The molecule has 28 heavy (non-hydrogen) atoms. The van der Waals surface area contributed by atoms with E-state index in [1.165, 1.54) is 17.0 Å². The number of benzene rings is 1. The lowest BCUT2D eigenvalue weighted by Gasteiger charge is -2.29. The second-order valence-corrected chi connectivity index (χ2v) is 7.68. The Labute approximate surface area is 162 Å². The summed E-state index contributed by atoms with van der Waals surface area (Å²) in [5.74, 6) is -0.198. The van der Waals surface area contributed by atoms with Gasteiger partial charge in [-0.3, -0.25) is 4.79 Å². The number of hydrogen-bond donors (Lipinski definition) is 3. The summed E-state index contributed by atoms with van der Waals surface area (Å²) in [7, 11) is 0. The van der Waals surface area contributed by atoms with Crippen LogP contribution in [0, 0.1) is 0 Å². The molecule has 2 heterocycles. The molecule has 0 saturated carbocycles. The highest BCUT2D eigenvalue weighted by molar-refractivity contribution is 6.06. The Bertz CT molecular complexity index is 716. The van der Waals surface area contributed by atoms with E-state index in [1.807, 2.05) is 0 Å². The van der Waals surface area contributed by atoms with E-state index in [0.717, 1.165) is 29.8 Å². The van der Waals surface area contributed by atoms with Crippen LogP contribution in [0.25, 0.3) is 0 Å². The smallest absolute Gasteiger partial charge is 0.387 e. The molecule has 0 bridgehead atoms. The third-order valence-electron chi connectivity index (χ3n) is 5.38. The minimum atomic E-state index is -2.87. The standard InChI is InChI=1S/C19H25F2N3O4/c1-19(9-8-13-4-6-15(7-5-13)28-17(20)21)16(26)24(18(27)22-19)12-23-10-2-3-14(25)11-23/h4-7,14,17,25H,2-3,8-12H2,1H3,(H,22,27)/p+1/t14-,19-/m0/s1. The average molecular weight is 398 g/mol. The summed E-state index contributed by atoms with van der Waals surface area (Å²) in [5.41, 5.74) is -0.156. The molecule has 0 spiro atoms. The fourth-order valence-corrected chi connectivity index (χ4v) is 3.78. The number of aryl methyl sites for hydroxylation is 1. The number of ether oxygens (including phenoxy) is 1. The van der Waals surface area contributed by atoms with Gasteiger partial charge in [0.25, 0.3) is 5.91 Å². The van der Waals surface area contributed by atoms with Crippen molar-refractivity contribution in [2.24, 2.45) is 0 Å². The minimum absolute atomic E-state index is 0.0769. The van der Waals surface area contributed by atoms with E-state index in [2.05, 4.69) is 10.1 Å². The topological polar surface area (TPSA) is 83.3 Å². The number of aliphatic hydroxyl groups is 1. The van der Waals surface area contributed by atoms with Gasteiger partial charge in [0.15, 0.2) is 6.67 Å². The lowest BCUT2D eigenvalue weighted by molar-refractivity contribution is -0.915. The van der Waals surface area contributed by atoms with Gasteiger partial charge in [-0.05, 0) is 50.3 Å². The van der Waals surface area contributed by atoms with Crippen molar-refractivity contribution in [3.8, 4) is 5.75 Å². The van der Waals surface area contributed by atoms with Crippen molar-refractivity contribution in [3.63, 3.8) is 0 Å². The number of urea groups is 1. The Balaban J connectivity index is 1.57. The Morgan fingerprint density at radius 2 is 2.07 bits per heavy atom. The molecule has 2 aliphatic rings. The van der Waals surface area contributed by atoms with Gasteiger partial charge >= 0.3 is 12.6 Å². The van der Waals surface area contributed by atoms with Crippen molar-refractivity contribution >= 4 is 11.9 Å². The second-order valence-electron chi connectivity index (χ2n) is 7.68. The monoisotopic (exact) mass is 398 g/mol. The number of piperidine rings is 1. The van der Waals surface area contributed by atoms with E-state index in [-0.39, 0.29) is 18.3 Å². The Kier molecular flexibility index (Phi) is 6.14. The zero-order chi connectivity index (χ0) is 20.3. The molecule has 1 unspecified atom stereocenters. The Morgan fingerprint density at radius 1 is 1.36 bits per heavy atom. The number of carbonyl (C=O) groups is 2. The molecule has 2 aliphatic heterocycles. The van der Waals surface area contributed by atoms with Gasteiger partial charge in [0.1, 0.15) is 23.9 Å². The lowest BCUT2D eigenvalue weighted by Crippen LogP contribution is -3.15. The van der Waals surface area contributed by atoms with Gasteiger partial charge < -0.3 is 20.1 Å². The van der Waals surface area contributed by atoms with Gasteiger partial charge in [0, 0.05) is 0 Å². The molecule has 3 atom stereocenters. The lowest BCUT2D eigenvalue weighted by atomic mass is 9.93.